The minimum atomic E-state index is 0.0325. The molecule has 0 amide bonds. The van der Waals surface area contributed by atoms with E-state index in [0.29, 0.717) is 18.1 Å². The highest BCUT2D eigenvalue weighted by Crippen LogP contribution is 2.27. The Morgan fingerprint density at radius 2 is 2.35 bits per heavy atom. The van der Waals surface area contributed by atoms with Gasteiger partial charge in [-0.2, -0.15) is 4.98 Å². The molecule has 0 bridgehead atoms. The Balaban J connectivity index is 1.92. The number of nitrogens with one attached hydrogen (secondary N) is 1. The molecular formula is C12H13N3O2. The Morgan fingerprint density at radius 1 is 1.41 bits per heavy atom. The zero-order valence-electron chi connectivity index (χ0n) is 9.31. The van der Waals surface area contributed by atoms with Crippen molar-refractivity contribution in [2.75, 3.05) is 18.5 Å². The van der Waals surface area contributed by atoms with Crippen LogP contribution in [0.25, 0.3) is 11.5 Å². The van der Waals surface area contributed by atoms with Gasteiger partial charge in [-0.3, -0.25) is 0 Å². The largest absolute Gasteiger partial charge is 0.396 e. The van der Waals surface area contributed by atoms with E-state index in [4.69, 9.17) is 9.63 Å². The first-order valence-corrected chi connectivity index (χ1v) is 5.67. The van der Waals surface area contributed by atoms with Crippen molar-refractivity contribution < 1.29 is 9.63 Å². The number of nitrogens with zero attached hydrogens (tertiary/aromatic N) is 2. The lowest BCUT2D eigenvalue weighted by molar-refractivity contribution is 0.293. The van der Waals surface area contributed by atoms with Gasteiger partial charge in [-0.05, 0) is 24.1 Å². The Kier molecular flexibility index (Phi) is 2.53. The van der Waals surface area contributed by atoms with Gasteiger partial charge in [0, 0.05) is 24.2 Å². The van der Waals surface area contributed by atoms with Crippen molar-refractivity contribution in [2.24, 2.45) is 0 Å². The molecule has 1 aliphatic rings. The fraction of sp³-hybridized carbons (Fsp3) is 0.333. The molecule has 2 aromatic rings. The molecule has 0 fully saturated rings. The summed E-state index contributed by atoms with van der Waals surface area (Å²) in [5.41, 5.74) is 3.38. The monoisotopic (exact) mass is 231 g/mol. The van der Waals surface area contributed by atoms with Gasteiger partial charge in [0.25, 0.3) is 5.89 Å². The summed E-state index contributed by atoms with van der Waals surface area (Å²) in [5.74, 6) is 1.04. The summed E-state index contributed by atoms with van der Waals surface area (Å²) >= 11 is 0. The highest BCUT2D eigenvalue weighted by Gasteiger charge is 2.14. The van der Waals surface area contributed by atoms with Gasteiger partial charge in [-0.1, -0.05) is 11.2 Å². The van der Waals surface area contributed by atoms with Crippen LogP contribution in [0.1, 0.15) is 11.4 Å². The predicted molar refractivity (Wildman–Crippen MR) is 62.7 cm³/mol. The van der Waals surface area contributed by atoms with E-state index < -0.39 is 0 Å². The van der Waals surface area contributed by atoms with Crippen molar-refractivity contribution in [1.29, 1.82) is 0 Å². The molecule has 0 aliphatic carbocycles. The van der Waals surface area contributed by atoms with Gasteiger partial charge < -0.3 is 14.9 Å². The standard InChI is InChI=1S/C12H13N3O2/c16-6-4-11-14-12(17-15-11)9-2-1-8-3-5-13-10(8)7-9/h1-2,7,13,16H,3-6H2. The number of fused-ring (bicyclic) bond motifs is 1. The molecule has 2 N–H and O–H groups in total. The van der Waals surface area contributed by atoms with E-state index in [1.165, 1.54) is 5.56 Å². The van der Waals surface area contributed by atoms with E-state index in [1.807, 2.05) is 12.1 Å². The lowest BCUT2D eigenvalue weighted by Crippen LogP contribution is -1.92. The number of benzene rings is 1. The molecule has 0 saturated carbocycles. The summed E-state index contributed by atoms with van der Waals surface area (Å²) < 4.78 is 5.16. The van der Waals surface area contributed by atoms with Crippen molar-refractivity contribution in [3.8, 4) is 11.5 Å². The van der Waals surface area contributed by atoms with Crippen LogP contribution in [-0.4, -0.2) is 28.4 Å². The Labute approximate surface area is 98.5 Å². The van der Waals surface area contributed by atoms with Crippen molar-refractivity contribution in [2.45, 2.75) is 12.8 Å². The number of rotatable bonds is 3. The van der Waals surface area contributed by atoms with Gasteiger partial charge >= 0.3 is 0 Å². The van der Waals surface area contributed by atoms with Crippen LogP contribution in [0.15, 0.2) is 22.7 Å². The second-order valence-electron chi connectivity index (χ2n) is 4.04. The minimum absolute atomic E-state index is 0.0325. The maximum atomic E-state index is 8.79. The van der Waals surface area contributed by atoms with Crippen LogP contribution in [0.5, 0.6) is 0 Å². The number of hydrogen-bond acceptors (Lipinski definition) is 5. The Bertz CT molecular complexity index is 536. The van der Waals surface area contributed by atoms with E-state index in [9.17, 15) is 0 Å². The summed E-state index contributed by atoms with van der Waals surface area (Å²) in [4.78, 5) is 4.23. The number of hydrogen-bond donors (Lipinski definition) is 2. The Morgan fingerprint density at radius 3 is 3.24 bits per heavy atom. The van der Waals surface area contributed by atoms with Crippen LogP contribution in [0.3, 0.4) is 0 Å². The van der Waals surface area contributed by atoms with Crippen LogP contribution in [0, 0.1) is 0 Å². The Hall–Kier alpha value is -1.88. The third-order valence-electron chi connectivity index (χ3n) is 2.87. The normalized spacial score (nSPS) is 13.5. The van der Waals surface area contributed by atoms with Crippen LogP contribution in [-0.2, 0) is 12.8 Å². The second-order valence-corrected chi connectivity index (χ2v) is 4.04. The highest BCUT2D eigenvalue weighted by molar-refractivity contribution is 5.66. The van der Waals surface area contributed by atoms with E-state index >= 15 is 0 Å². The molecule has 0 saturated heterocycles. The number of anilines is 1. The quantitative estimate of drug-likeness (QED) is 0.831. The summed E-state index contributed by atoms with van der Waals surface area (Å²) in [5, 5.41) is 15.9. The topological polar surface area (TPSA) is 71.2 Å². The van der Waals surface area contributed by atoms with Crippen LogP contribution in [0.4, 0.5) is 5.69 Å². The van der Waals surface area contributed by atoms with E-state index in [0.717, 1.165) is 24.2 Å². The zero-order chi connectivity index (χ0) is 11.7. The van der Waals surface area contributed by atoms with Crippen LogP contribution in [0.2, 0.25) is 0 Å². The lowest BCUT2D eigenvalue weighted by atomic mass is 10.1. The lowest BCUT2D eigenvalue weighted by Gasteiger charge is -2.00. The van der Waals surface area contributed by atoms with Gasteiger partial charge in [0.2, 0.25) is 0 Å². The zero-order valence-corrected chi connectivity index (χ0v) is 9.31. The summed E-state index contributed by atoms with van der Waals surface area (Å²) in [7, 11) is 0. The SMILES string of the molecule is OCCc1noc(-c2ccc3c(c2)NCC3)n1. The molecule has 0 spiro atoms. The molecular weight excluding hydrogens is 218 g/mol. The fourth-order valence-electron chi connectivity index (χ4n) is 2.00. The molecule has 88 valence electrons. The van der Waals surface area contributed by atoms with Crippen LogP contribution >= 0.6 is 0 Å². The van der Waals surface area contributed by atoms with Crippen molar-refractivity contribution >= 4 is 5.69 Å². The summed E-state index contributed by atoms with van der Waals surface area (Å²) in [6, 6.07) is 6.10. The molecule has 1 aliphatic heterocycles. The number of aliphatic hydroxyl groups excluding tert-OH is 1. The first kappa shape index (κ1) is 10.3. The van der Waals surface area contributed by atoms with E-state index in [2.05, 4.69) is 21.5 Å². The van der Waals surface area contributed by atoms with Crippen molar-refractivity contribution in [3.05, 3.63) is 29.6 Å². The third-order valence-corrected chi connectivity index (χ3v) is 2.87. The predicted octanol–water partition coefficient (Wildman–Crippen LogP) is 1.24. The molecule has 0 radical (unpaired) electrons. The molecule has 3 rings (SSSR count). The first-order chi connectivity index (χ1) is 8.36. The molecule has 0 atom stereocenters. The van der Waals surface area contributed by atoms with Gasteiger partial charge in [-0.25, -0.2) is 0 Å². The summed E-state index contributed by atoms with van der Waals surface area (Å²) in [6.45, 7) is 1.02. The number of aromatic nitrogens is 2. The molecule has 0 unspecified atom stereocenters. The molecule has 1 aromatic heterocycles. The fourth-order valence-corrected chi connectivity index (χ4v) is 2.00. The van der Waals surface area contributed by atoms with E-state index in [1.54, 1.807) is 0 Å². The maximum Gasteiger partial charge on any atom is 0.257 e. The average molecular weight is 231 g/mol. The molecule has 17 heavy (non-hydrogen) atoms. The van der Waals surface area contributed by atoms with Crippen molar-refractivity contribution in [3.63, 3.8) is 0 Å². The van der Waals surface area contributed by atoms with Gasteiger partial charge in [-0.15, -0.1) is 0 Å². The minimum Gasteiger partial charge on any atom is -0.396 e. The van der Waals surface area contributed by atoms with Crippen molar-refractivity contribution in [1.82, 2.24) is 10.1 Å². The van der Waals surface area contributed by atoms with Gasteiger partial charge in [0.05, 0.1) is 6.61 Å². The van der Waals surface area contributed by atoms with Crippen LogP contribution < -0.4 is 5.32 Å². The molecule has 2 heterocycles. The number of aliphatic hydroxyl groups is 1. The highest BCUT2D eigenvalue weighted by atomic mass is 16.5. The van der Waals surface area contributed by atoms with Gasteiger partial charge in [0.15, 0.2) is 5.82 Å². The average Bonchev–Trinajstić information content (AvgIpc) is 2.96. The maximum absolute atomic E-state index is 8.79. The summed E-state index contributed by atoms with van der Waals surface area (Å²) in [6.07, 6.45) is 1.49. The smallest absolute Gasteiger partial charge is 0.257 e. The third kappa shape index (κ3) is 1.89. The first-order valence-electron chi connectivity index (χ1n) is 5.67. The van der Waals surface area contributed by atoms with Gasteiger partial charge in [0.1, 0.15) is 0 Å². The molecule has 5 nitrogen and oxygen atoms in total. The van der Waals surface area contributed by atoms with E-state index in [-0.39, 0.29) is 6.61 Å². The molecule has 5 heteroatoms. The second kappa shape index (κ2) is 4.18. The molecule has 1 aromatic carbocycles.